The Balaban J connectivity index is 2.34. The van der Waals surface area contributed by atoms with E-state index in [9.17, 15) is 14.0 Å². The molecule has 1 aromatic heterocycles. The molecule has 2 rings (SSSR count). The smallest absolute Gasteiger partial charge is 0.330 e. The lowest BCUT2D eigenvalue weighted by atomic mass is 10.0. The number of hydrogen-bond donors (Lipinski definition) is 2. The summed E-state index contributed by atoms with van der Waals surface area (Å²) in [6.07, 6.45) is 0.289. The molecule has 94 valence electrons. The maximum atomic E-state index is 13.1. The van der Waals surface area contributed by atoms with Crippen molar-refractivity contribution in [2.75, 3.05) is 6.61 Å². The van der Waals surface area contributed by atoms with Gasteiger partial charge in [-0.25, -0.2) is 4.79 Å². The van der Waals surface area contributed by atoms with E-state index in [2.05, 4.69) is 0 Å². The maximum Gasteiger partial charge on any atom is 0.330 e. The topological polar surface area (TPSA) is 84.3 Å². The first kappa shape index (κ1) is 12.0. The lowest BCUT2D eigenvalue weighted by molar-refractivity contribution is -0.0317. The molecule has 1 saturated heterocycles. The number of nitrogens with one attached hydrogen (secondary N) is 1. The van der Waals surface area contributed by atoms with Gasteiger partial charge < -0.3 is 9.84 Å². The van der Waals surface area contributed by atoms with E-state index in [-0.39, 0.29) is 18.6 Å². The van der Waals surface area contributed by atoms with Gasteiger partial charge in [0.1, 0.15) is 6.23 Å². The number of nitrogens with zero attached hydrogens (tertiary/aromatic N) is 1. The van der Waals surface area contributed by atoms with Gasteiger partial charge in [-0.05, 0) is 12.3 Å². The number of rotatable bonds is 2. The molecule has 1 unspecified atom stereocenters. The van der Waals surface area contributed by atoms with Gasteiger partial charge in [0.05, 0.1) is 18.9 Å². The Morgan fingerprint density at radius 3 is 2.94 bits per heavy atom. The molecule has 1 aliphatic heterocycles. The first-order chi connectivity index (χ1) is 8.02. The van der Waals surface area contributed by atoms with Crippen LogP contribution in [0.4, 0.5) is 4.39 Å². The number of hydrogen-bond acceptors (Lipinski definition) is 4. The van der Waals surface area contributed by atoms with Crippen LogP contribution in [-0.4, -0.2) is 27.4 Å². The van der Waals surface area contributed by atoms with Crippen molar-refractivity contribution in [2.45, 2.75) is 25.7 Å². The molecule has 0 saturated carbocycles. The summed E-state index contributed by atoms with van der Waals surface area (Å²) in [5.74, 6) is -0.972. The van der Waals surface area contributed by atoms with Crippen LogP contribution in [-0.2, 0) is 4.74 Å². The van der Waals surface area contributed by atoms with Gasteiger partial charge in [0.25, 0.3) is 5.56 Å². The van der Waals surface area contributed by atoms with Crippen molar-refractivity contribution >= 4 is 0 Å². The fraction of sp³-hybridized carbons (Fsp3) is 0.600. The summed E-state index contributed by atoms with van der Waals surface area (Å²) >= 11 is 0. The van der Waals surface area contributed by atoms with E-state index in [0.717, 1.165) is 10.8 Å². The van der Waals surface area contributed by atoms with Gasteiger partial charge in [0.2, 0.25) is 5.82 Å². The van der Waals surface area contributed by atoms with Crippen LogP contribution in [0.5, 0.6) is 0 Å². The van der Waals surface area contributed by atoms with Crippen molar-refractivity contribution in [1.29, 1.82) is 0 Å². The highest BCUT2D eigenvalue weighted by molar-refractivity contribution is 4.90. The molecule has 1 fully saturated rings. The quantitative estimate of drug-likeness (QED) is 0.740. The highest BCUT2D eigenvalue weighted by Gasteiger charge is 2.33. The third-order valence-electron chi connectivity index (χ3n) is 2.95. The summed E-state index contributed by atoms with van der Waals surface area (Å²) in [4.78, 5) is 24.2. The number of aromatic nitrogens is 2. The first-order valence-corrected chi connectivity index (χ1v) is 5.30. The summed E-state index contributed by atoms with van der Waals surface area (Å²) in [6, 6.07) is 0. The van der Waals surface area contributed by atoms with Gasteiger partial charge in [0.15, 0.2) is 0 Å². The number of H-pyrrole nitrogens is 1. The zero-order valence-electron chi connectivity index (χ0n) is 9.22. The Hall–Kier alpha value is -1.47. The molecule has 0 amide bonds. The van der Waals surface area contributed by atoms with Gasteiger partial charge in [-0.15, -0.1) is 0 Å². The Bertz CT molecular complexity index is 524. The fourth-order valence-electron chi connectivity index (χ4n) is 1.94. The van der Waals surface area contributed by atoms with Gasteiger partial charge in [-0.3, -0.25) is 14.3 Å². The minimum absolute atomic E-state index is 0.0619. The summed E-state index contributed by atoms with van der Waals surface area (Å²) < 4.78 is 19.5. The monoisotopic (exact) mass is 244 g/mol. The summed E-state index contributed by atoms with van der Waals surface area (Å²) in [6.45, 7) is 1.71. The minimum atomic E-state index is -1.05. The average Bonchev–Trinajstić information content (AvgIpc) is 2.65. The molecule has 0 aromatic carbocycles. The second kappa shape index (κ2) is 4.42. The third kappa shape index (κ3) is 2.16. The minimum Gasteiger partial charge on any atom is -0.394 e. The molecular formula is C10H13FN2O4. The second-order valence-corrected chi connectivity index (χ2v) is 4.17. The average molecular weight is 244 g/mol. The predicted octanol–water partition coefficient (Wildman–Crippen LogP) is -0.408. The second-order valence-electron chi connectivity index (χ2n) is 4.17. The van der Waals surface area contributed by atoms with Crippen LogP contribution in [0.25, 0.3) is 0 Å². The van der Waals surface area contributed by atoms with Crippen LogP contribution in [0.2, 0.25) is 0 Å². The van der Waals surface area contributed by atoms with Crippen LogP contribution in [0.3, 0.4) is 0 Å². The Morgan fingerprint density at radius 2 is 2.35 bits per heavy atom. The largest absolute Gasteiger partial charge is 0.394 e. The number of aliphatic hydroxyl groups is 1. The Kier molecular flexibility index (Phi) is 3.12. The molecule has 2 heterocycles. The first-order valence-electron chi connectivity index (χ1n) is 5.30. The van der Waals surface area contributed by atoms with Crippen molar-refractivity contribution in [3.8, 4) is 0 Å². The lowest BCUT2D eigenvalue weighted by Crippen LogP contribution is -2.34. The molecule has 0 aliphatic carbocycles. The van der Waals surface area contributed by atoms with Crippen molar-refractivity contribution in [3.63, 3.8) is 0 Å². The molecule has 6 nitrogen and oxygen atoms in total. The van der Waals surface area contributed by atoms with E-state index in [1.54, 1.807) is 0 Å². The van der Waals surface area contributed by atoms with Crippen molar-refractivity contribution in [2.24, 2.45) is 5.92 Å². The van der Waals surface area contributed by atoms with E-state index < -0.39 is 23.3 Å². The van der Waals surface area contributed by atoms with E-state index in [1.165, 1.54) is 0 Å². The highest BCUT2D eigenvalue weighted by Crippen LogP contribution is 2.31. The van der Waals surface area contributed by atoms with Crippen LogP contribution in [0.1, 0.15) is 19.6 Å². The Labute approximate surface area is 95.7 Å². The van der Waals surface area contributed by atoms with Gasteiger partial charge in [-0.2, -0.15) is 4.39 Å². The molecule has 0 radical (unpaired) electrons. The molecular weight excluding hydrogens is 231 g/mol. The van der Waals surface area contributed by atoms with E-state index in [0.29, 0.717) is 6.42 Å². The van der Waals surface area contributed by atoms with Gasteiger partial charge >= 0.3 is 5.69 Å². The van der Waals surface area contributed by atoms with Crippen molar-refractivity contribution in [3.05, 3.63) is 32.9 Å². The molecule has 3 atom stereocenters. The van der Waals surface area contributed by atoms with Gasteiger partial charge in [0, 0.05) is 0 Å². The van der Waals surface area contributed by atoms with Crippen LogP contribution in [0, 0.1) is 11.7 Å². The lowest BCUT2D eigenvalue weighted by Gasteiger charge is -2.14. The number of aliphatic hydroxyl groups excluding tert-OH is 1. The molecule has 1 aliphatic rings. The van der Waals surface area contributed by atoms with E-state index in [4.69, 9.17) is 9.84 Å². The van der Waals surface area contributed by atoms with Gasteiger partial charge in [-0.1, -0.05) is 6.92 Å². The molecule has 17 heavy (non-hydrogen) atoms. The summed E-state index contributed by atoms with van der Waals surface area (Å²) in [5.41, 5.74) is -1.76. The van der Waals surface area contributed by atoms with E-state index in [1.807, 2.05) is 11.9 Å². The van der Waals surface area contributed by atoms with Crippen LogP contribution < -0.4 is 11.2 Å². The van der Waals surface area contributed by atoms with Crippen LogP contribution in [0.15, 0.2) is 15.8 Å². The number of aromatic amines is 1. The Morgan fingerprint density at radius 1 is 1.65 bits per heavy atom. The van der Waals surface area contributed by atoms with E-state index >= 15 is 0 Å². The fourth-order valence-corrected chi connectivity index (χ4v) is 1.94. The highest BCUT2D eigenvalue weighted by atomic mass is 19.1. The SMILES string of the molecule is CC1C[C@H](n2cc(F)c(=O)[nH]c2=O)O[C@@H]1CO. The summed E-state index contributed by atoms with van der Waals surface area (Å²) in [5, 5.41) is 9.02. The van der Waals surface area contributed by atoms with Crippen molar-refractivity contribution in [1.82, 2.24) is 9.55 Å². The molecule has 0 bridgehead atoms. The zero-order chi connectivity index (χ0) is 12.6. The molecule has 0 spiro atoms. The number of halogens is 1. The maximum absolute atomic E-state index is 13.1. The van der Waals surface area contributed by atoms with Crippen LogP contribution >= 0.6 is 0 Å². The van der Waals surface area contributed by atoms with Crippen molar-refractivity contribution < 1.29 is 14.2 Å². The number of ether oxygens (including phenoxy) is 1. The summed E-state index contributed by atoms with van der Waals surface area (Å²) in [7, 11) is 0. The molecule has 1 aromatic rings. The molecule has 2 N–H and O–H groups in total. The predicted molar refractivity (Wildman–Crippen MR) is 56.1 cm³/mol. The third-order valence-corrected chi connectivity index (χ3v) is 2.95. The standard InChI is InChI=1S/C10H13FN2O4/c1-5-2-8(17-7(5)4-14)13-3-6(11)9(15)12-10(13)16/h3,5,7-8,14H,2,4H2,1H3,(H,12,15,16)/t5?,7-,8-/m1/s1. The zero-order valence-corrected chi connectivity index (χ0v) is 9.22. The normalized spacial score (nSPS) is 28.5. The molecule has 7 heteroatoms.